The minimum absolute atomic E-state index is 0.00149. The fourth-order valence-corrected chi connectivity index (χ4v) is 3.31. The van der Waals surface area contributed by atoms with Gasteiger partial charge in [-0.1, -0.05) is 26.0 Å². The molecule has 0 aliphatic heterocycles. The third-order valence-corrected chi connectivity index (χ3v) is 4.61. The molecule has 7 heteroatoms. The summed E-state index contributed by atoms with van der Waals surface area (Å²) in [7, 11) is 1.17. The molecule has 2 aromatic rings. The molecule has 4 nitrogen and oxygen atoms in total. The van der Waals surface area contributed by atoms with Crippen molar-refractivity contribution in [3.63, 3.8) is 0 Å². The second-order valence-corrected chi connectivity index (χ2v) is 6.70. The van der Waals surface area contributed by atoms with Crippen molar-refractivity contribution >= 4 is 11.6 Å². The Balaban J connectivity index is 1.95. The molecule has 1 aromatic carbocycles. The number of benzene rings is 1. The quantitative estimate of drug-likeness (QED) is 0.903. The molecule has 1 aliphatic rings. The van der Waals surface area contributed by atoms with Crippen LogP contribution in [0.1, 0.15) is 47.4 Å². The summed E-state index contributed by atoms with van der Waals surface area (Å²) in [6, 6.07) is 5.54. The van der Waals surface area contributed by atoms with Gasteiger partial charge in [-0.05, 0) is 35.4 Å². The molecule has 1 amide bonds. The van der Waals surface area contributed by atoms with Gasteiger partial charge in [-0.25, -0.2) is 0 Å². The number of amides is 1. The number of rotatable bonds is 2. The summed E-state index contributed by atoms with van der Waals surface area (Å²) in [6.07, 6.45) is -1.96. The summed E-state index contributed by atoms with van der Waals surface area (Å²) >= 11 is 0. The van der Waals surface area contributed by atoms with Gasteiger partial charge < -0.3 is 5.32 Å². The molecule has 0 spiro atoms. The summed E-state index contributed by atoms with van der Waals surface area (Å²) < 4.78 is 40.0. The second kappa shape index (κ2) is 5.36. The number of hydrogen-bond acceptors (Lipinski definition) is 2. The predicted molar refractivity (Wildman–Crippen MR) is 84.0 cm³/mol. The van der Waals surface area contributed by atoms with E-state index in [1.165, 1.54) is 7.05 Å². The van der Waals surface area contributed by atoms with Crippen LogP contribution in [0.25, 0.3) is 0 Å². The number of carbonyl (C=O) groups is 1. The highest BCUT2D eigenvalue weighted by Crippen LogP contribution is 2.41. The van der Waals surface area contributed by atoms with E-state index in [9.17, 15) is 18.0 Å². The number of aryl methyl sites for hydroxylation is 1. The zero-order valence-electron chi connectivity index (χ0n) is 13.7. The molecule has 0 saturated carbocycles. The van der Waals surface area contributed by atoms with E-state index >= 15 is 0 Å². The maximum absolute atomic E-state index is 13.1. The molecule has 0 radical (unpaired) electrons. The highest BCUT2D eigenvalue weighted by molar-refractivity contribution is 6.05. The summed E-state index contributed by atoms with van der Waals surface area (Å²) in [6.45, 7) is 4.24. The lowest BCUT2D eigenvalue weighted by molar-refractivity contribution is -0.144. The van der Waals surface area contributed by atoms with E-state index in [0.29, 0.717) is 10.4 Å². The van der Waals surface area contributed by atoms with Crippen LogP contribution in [0.2, 0.25) is 0 Å². The first kappa shape index (κ1) is 16.5. The molecule has 1 aromatic heterocycles. The lowest BCUT2D eigenvalue weighted by Gasteiger charge is -2.19. The van der Waals surface area contributed by atoms with Crippen molar-refractivity contribution in [1.29, 1.82) is 0 Å². The summed E-state index contributed by atoms with van der Waals surface area (Å²) in [4.78, 5) is 12.4. The molecule has 0 unspecified atom stereocenters. The zero-order chi connectivity index (χ0) is 17.7. The molecule has 0 fully saturated rings. The SMILES string of the molecule is Cn1ncc(C(=O)Nc2cccc3c2CCC3(C)C)c1C(F)(F)F. The molecule has 1 aliphatic carbocycles. The zero-order valence-corrected chi connectivity index (χ0v) is 13.7. The number of alkyl halides is 3. The Hall–Kier alpha value is -2.31. The van der Waals surface area contributed by atoms with Gasteiger partial charge in [0.05, 0.1) is 11.8 Å². The summed E-state index contributed by atoms with van der Waals surface area (Å²) in [5.74, 6) is -0.798. The smallest absolute Gasteiger partial charge is 0.322 e. The predicted octanol–water partition coefficient (Wildman–Crippen LogP) is 3.92. The molecule has 1 N–H and O–H groups in total. The van der Waals surface area contributed by atoms with Crippen molar-refractivity contribution in [3.8, 4) is 0 Å². The molecule has 24 heavy (non-hydrogen) atoms. The van der Waals surface area contributed by atoms with Crippen LogP contribution in [0.15, 0.2) is 24.4 Å². The Kier molecular flexibility index (Phi) is 3.69. The van der Waals surface area contributed by atoms with E-state index < -0.39 is 23.3 Å². The largest absolute Gasteiger partial charge is 0.433 e. The lowest BCUT2D eigenvalue weighted by atomic mass is 9.86. The van der Waals surface area contributed by atoms with Crippen LogP contribution < -0.4 is 5.32 Å². The van der Waals surface area contributed by atoms with Gasteiger partial charge in [0.1, 0.15) is 0 Å². The number of aromatic nitrogens is 2. The Bertz CT molecular complexity index is 806. The number of nitrogens with zero attached hydrogens (tertiary/aromatic N) is 2. The van der Waals surface area contributed by atoms with Crippen molar-refractivity contribution in [3.05, 3.63) is 46.8 Å². The minimum atomic E-state index is -4.64. The van der Waals surface area contributed by atoms with Gasteiger partial charge >= 0.3 is 6.18 Å². The monoisotopic (exact) mass is 337 g/mol. The molecule has 3 rings (SSSR count). The van der Waals surface area contributed by atoms with E-state index in [1.54, 1.807) is 6.07 Å². The van der Waals surface area contributed by atoms with E-state index in [0.717, 1.165) is 30.2 Å². The number of nitrogens with one attached hydrogen (secondary N) is 1. The maximum Gasteiger partial charge on any atom is 0.433 e. The van der Waals surface area contributed by atoms with Crippen molar-refractivity contribution in [2.45, 2.75) is 38.3 Å². The first-order valence-electron chi connectivity index (χ1n) is 7.64. The van der Waals surface area contributed by atoms with Gasteiger partial charge in [0.2, 0.25) is 0 Å². The Morgan fingerprint density at radius 3 is 2.71 bits per heavy atom. The Morgan fingerprint density at radius 1 is 1.33 bits per heavy atom. The number of carbonyl (C=O) groups excluding carboxylic acids is 1. The van der Waals surface area contributed by atoms with Crippen molar-refractivity contribution in [1.82, 2.24) is 9.78 Å². The second-order valence-electron chi connectivity index (χ2n) is 6.70. The fourth-order valence-electron chi connectivity index (χ4n) is 3.31. The summed E-state index contributed by atoms with van der Waals surface area (Å²) in [5, 5.41) is 6.21. The molecular formula is C17H18F3N3O. The van der Waals surface area contributed by atoms with Gasteiger partial charge in [-0.2, -0.15) is 18.3 Å². The van der Waals surface area contributed by atoms with E-state index in [-0.39, 0.29) is 5.41 Å². The Morgan fingerprint density at radius 2 is 2.04 bits per heavy atom. The third kappa shape index (κ3) is 2.68. The molecule has 1 heterocycles. The number of halogens is 3. The standard InChI is InChI=1S/C17H18F3N3O/c1-16(2)8-7-10-12(16)5-4-6-13(10)22-15(24)11-9-21-23(3)14(11)17(18,19)20/h4-6,9H,7-8H2,1-3H3,(H,22,24). The molecular weight excluding hydrogens is 319 g/mol. The first-order chi connectivity index (χ1) is 11.1. The highest BCUT2D eigenvalue weighted by atomic mass is 19.4. The summed E-state index contributed by atoms with van der Waals surface area (Å²) in [5.41, 5.74) is 1.17. The number of fused-ring (bicyclic) bond motifs is 1. The number of hydrogen-bond donors (Lipinski definition) is 1. The van der Waals surface area contributed by atoms with Crippen molar-refractivity contribution < 1.29 is 18.0 Å². The van der Waals surface area contributed by atoms with Gasteiger partial charge in [0, 0.05) is 12.7 Å². The molecule has 0 bridgehead atoms. The van der Waals surface area contributed by atoms with Gasteiger partial charge in [0.25, 0.3) is 5.91 Å². The van der Waals surface area contributed by atoms with Gasteiger partial charge in [-0.3, -0.25) is 9.48 Å². The van der Waals surface area contributed by atoms with Gasteiger partial charge in [-0.15, -0.1) is 0 Å². The van der Waals surface area contributed by atoms with Crippen LogP contribution in [0, 0.1) is 0 Å². The van der Waals surface area contributed by atoms with Crippen LogP contribution >= 0.6 is 0 Å². The fraction of sp³-hybridized carbons (Fsp3) is 0.412. The van der Waals surface area contributed by atoms with E-state index in [2.05, 4.69) is 24.3 Å². The average molecular weight is 337 g/mol. The first-order valence-corrected chi connectivity index (χ1v) is 7.64. The van der Waals surface area contributed by atoms with Crippen LogP contribution in [-0.4, -0.2) is 15.7 Å². The van der Waals surface area contributed by atoms with Gasteiger partial charge in [0.15, 0.2) is 5.69 Å². The molecule has 128 valence electrons. The minimum Gasteiger partial charge on any atom is -0.322 e. The average Bonchev–Trinajstić information content (AvgIpc) is 3.00. The normalized spacial score (nSPS) is 16.1. The van der Waals surface area contributed by atoms with E-state index in [1.807, 2.05) is 12.1 Å². The van der Waals surface area contributed by atoms with Crippen molar-refractivity contribution in [2.24, 2.45) is 7.05 Å². The van der Waals surface area contributed by atoms with Crippen molar-refractivity contribution in [2.75, 3.05) is 5.32 Å². The molecule has 0 saturated heterocycles. The highest BCUT2D eigenvalue weighted by Gasteiger charge is 2.39. The lowest BCUT2D eigenvalue weighted by Crippen LogP contribution is -2.20. The van der Waals surface area contributed by atoms with Crippen LogP contribution in [0.4, 0.5) is 18.9 Å². The number of anilines is 1. The van der Waals surface area contributed by atoms with Crippen LogP contribution in [-0.2, 0) is 25.1 Å². The Labute approximate surface area is 137 Å². The van der Waals surface area contributed by atoms with E-state index in [4.69, 9.17) is 0 Å². The third-order valence-electron chi connectivity index (χ3n) is 4.61. The topological polar surface area (TPSA) is 46.9 Å². The maximum atomic E-state index is 13.1. The van der Waals surface area contributed by atoms with Crippen LogP contribution in [0.5, 0.6) is 0 Å². The van der Waals surface area contributed by atoms with Crippen LogP contribution in [0.3, 0.4) is 0 Å². The molecule has 0 atom stereocenters.